The van der Waals surface area contributed by atoms with Crippen molar-refractivity contribution in [3.05, 3.63) is 17.0 Å². The number of aryl methyl sites for hydroxylation is 1. The number of nitrogens with zero attached hydrogens (tertiary/aromatic N) is 3. The second-order valence-corrected chi connectivity index (χ2v) is 5.44. The molecule has 0 spiro atoms. The Bertz CT molecular complexity index is 466. The predicted octanol–water partition coefficient (Wildman–Crippen LogP) is 2.35. The Morgan fingerprint density at radius 2 is 1.94 bits per heavy atom. The summed E-state index contributed by atoms with van der Waals surface area (Å²) < 4.78 is 2.26. The lowest BCUT2D eigenvalue weighted by molar-refractivity contribution is 0.324. The topological polar surface area (TPSA) is 42.2 Å². The standard InChI is InChI=1S/C14H22N4/c1-10-13(14-15-8-9-16-14)11(2)18(17-10)12-6-4-3-5-7-12/h12H,3-9H2,1-2H3,(H,15,16). The van der Waals surface area contributed by atoms with E-state index in [2.05, 4.69) is 28.8 Å². The highest BCUT2D eigenvalue weighted by molar-refractivity contribution is 6.01. The molecule has 2 heterocycles. The fourth-order valence-corrected chi connectivity index (χ4v) is 3.25. The first-order valence-electron chi connectivity index (χ1n) is 7.12. The third kappa shape index (κ3) is 1.93. The molecule has 0 saturated heterocycles. The Morgan fingerprint density at radius 3 is 2.61 bits per heavy atom. The number of hydrogen-bond donors (Lipinski definition) is 1. The molecule has 0 atom stereocenters. The Hall–Kier alpha value is -1.32. The van der Waals surface area contributed by atoms with Crippen molar-refractivity contribution in [2.75, 3.05) is 13.1 Å². The van der Waals surface area contributed by atoms with Crippen LogP contribution in [0, 0.1) is 13.8 Å². The highest BCUT2D eigenvalue weighted by atomic mass is 15.3. The normalized spacial score (nSPS) is 20.9. The number of hydrogen-bond acceptors (Lipinski definition) is 3. The van der Waals surface area contributed by atoms with Crippen LogP contribution in [0.4, 0.5) is 0 Å². The van der Waals surface area contributed by atoms with Gasteiger partial charge >= 0.3 is 0 Å². The summed E-state index contributed by atoms with van der Waals surface area (Å²) in [6, 6.07) is 0.605. The Kier molecular flexibility index (Phi) is 3.10. The Morgan fingerprint density at radius 1 is 1.17 bits per heavy atom. The molecule has 1 saturated carbocycles. The van der Waals surface area contributed by atoms with Crippen molar-refractivity contribution in [2.45, 2.75) is 52.0 Å². The molecule has 1 aliphatic carbocycles. The van der Waals surface area contributed by atoms with Crippen LogP contribution in [0.15, 0.2) is 4.99 Å². The second-order valence-electron chi connectivity index (χ2n) is 5.44. The smallest absolute Gasteiger partial charge is 0.132 e. The van der Waals surface area contributed by atoms with Crippen LogP contribution in [-0.2, 0) is 0 Å². The molecule has 0 radical (unpaired) electrons. The molecule has 2 aliphatic rings. The summed E-state index contributed by atoms with van der Waals surface area (Å²) in [4.78, 5) is 4.54. The maximum atomic E-state index is 4.77. The van der Waals surface area contributed by atoms with Gasteiger partial charge in [-0.05, 0) is 26.7 Å². The zero-order chi connectivity index (χ0) is 12.5. The van der Waals surface area contributed by atoms with Gasteiger partial charge in [-0.25, -0.2) is 0 Å². The van der Waals surface area contributed by atoms with Gasteiger partial charge in [0.05, 0.1) is 23.8 Å². The van der Waals surface area contributed by atoms with E-state index >= 15 is 0 Å². The summed E-state index contributed by atoms with van der Waals surface area (Å²) in [7, 11) is 0. The number of nitrogens with one attached hydrogen (secondary N) is 1. The molecular weight excluding hydrogens is 224 g/mol. The number of aromatic nitrogens is 2. The van der Waals surface area contributed by atoms with Crippen molar-refractivity contribution in [3.63, 3.8) is 0 Å². The summed E-state index contributed by atoms with van der Waals surface area (Å²) in [6.07, 6.45) is 6.63. The molecule has 4 heteroatoms. The number of rotatable bonds is 2. The van der Waals surface area contributed by atoms with Gasteiger partial charge in [0, 0.05) is 12.2 Å². The predicted molar refractivity (Wildman–Crippen MR) is 73.2 cm³/mol. The maximum Gasteiger partial charge on any atom is 0.132 e. The van der Waals surface area contributed by atoms with E-state index in [0.29, 0.717) is 6.04 Å². The summed E-state index contributed by atoms with van der Waals surface area (Å²) in [5, 5.41) is 8.14. The first-order chi connectivity index (χ1) is 8.77. The van der Waals surface area contributed by atoms with Crippen LogP contribution in [0.2, 0.25) is 0 Å². The van der Waals surface area contributed by atoms with Crippen molar-refractivity contribution in [1.82, 2.24) is 15.1 Å². The summed E-state index contributed by atoms with van der Waals surface area (Å²) in [6.45, 7) is 6.14. The molecule has 3 rings (SSSR count). The Balaban J connectivity index is 1.94. The van der Waals surface area contributed by atoms with Crippen LogP contribution in [0.5, 0.6) is 0 Å². The fourth-order valence-electron chi connectivity index (χ4n) is 3.25. The molecule has 0 amide bonds. The van der Waals surface area contributed by atoms with Crippen molar-refractivity contribution in [3.8, 4) is 0 Å². The highest BCUT2D eigenvalue weighted by Crippen LogP contribution is 2.30. The highest BCUT2D eigenvalue weighted by Gasteiger charge is 2.23. The van der Waals surface area contributed by atoms with Gasteiger partial charge in [0.2, 0.25) is 0 Å². The minimum Gasteiger partial charge on any atom is -0.368 e. The first-order valence-corrected chi connectivity index (χ1v) is 7.12. The molecule has 1 N–H and O–H groups in total. The van der Waals surface area contributed by atoms with E-state index in [1.165, 1.54) is 43.4 Å². The molecular formula is C14H22N4. The number of amidine groups is 1. The van der Waals surface area contributed by atoms with Crippen LogP contribution >= 0.6 is 0 Å². The first kappa shape index (κ1) is 11.8. The van der Waals surface area contributed by atoms with Crippen LogP contribution in [0.25, 0.3) is 0 Å². The molecule has 4 nitrogen and oxygen atoms in total. The van der Waals surface area contributed by atoms with Gasteiger partial charge in [-0.2, -0.15) is 5.10 Å². The molecule has 1 aromatic rings. The largest absolute Gasteiger partial charge is 0.368 e. The van der Waals surface area contributed by atoms with Crippen molar-refractivity contribution in [2.24, 2.45) is 4.99 Å². The van der Waals surface area contributed by atoms with E-state index in [0.717, 1.165) is 24.6 Å². The van der Waals surface area contributed by atoms with Crippen molar-refractivity contribution in [1.29, 1.82) is 0 Å². The Labute approximate surface area is 108 Å². The lowest BCUT2D eigenvalue weighted by Gasteiger charge is -2.23. The molecule has 0 unspecified atom stereocenters. The molecule has 0 aromatic carbocycles. The summed E-state index contributed by atoms with van der Waals surface area (Å²) in [5.41, 5.74) is 3.64. The molecule has 18 heavy (non-hydrogen) atoms. The lowest BCUT2D eigenvalue weighted by atomic mass is 9.95. The van der Waals surface area contributed by atoms with Gasteiger partial charge < -0.3 is 5.32 Å². The van der Waals surface area contributed by atoms with Gasteiger partial charge in [0.15, 0.2) is 0 Å². The van der Waals surface area contributed by atoms with Crippen LogP contribution < -0.4 is 5.32 Å². The quantitative estimate of drug-likeness (QED) is 0.870. The molecule has 1 aliphatic heterocycles. The summed E-state index contributed by atoms with van der Waals surface area (Å²) >= 11 is 0. The molecule has 1 aromatic heterocycles. The third-order valence-electron chi connectivity index (χ3n) is 4.16. The fraction of sp³-hybridized carbons (Fsp3) is 0.714. The molecule has 98 valence electrons. The van der Waals surface area contributed by atoms with Gasteiger partial charge in [-0.1, -0.05) is 19.3 Å². The zero-order valence-corrected chi connectivity index (χ0v) is 11.4. The van der Waals surface area contributed by atoms with E-state index < -0.39 is 0 Å². The molecule has 0 bridgehead atoms. The van der Waals surface area contributed by atoms with E-state index in [1.54, 1.807) is 0 Å². The average molecular weight is 246 g/mol. The van der Waals surface area contributed by atoms with Crippen LogP contribution in [0.3, 0.4) is 0 Å². The van der Waals surface area contributed by atoms with Gasteiger partial charge in [0.25, 0.3) is 0 Å². The number of aliphatic imine (C=N–C) groups is 1. The van der Waals surface area contributed by atoms with E-state index in [1.807, 2.05) is 0 Å². The van der Waals surface area contributed by atoms with Crippen LogP contribution in [-0.4, -0.2) is 28.7 Å². The maximum absolute atomic E-state index is 4.77. The van der Waals surface area contributed by atoms with Gasteiger partial charge in [-0.3, -0.25) is 9.67 Å². The van der Waals surface area contributed by atoms with Gasteiger partial charge in [-0.15, -0.1) is 0 Å². The minimum absolute atomic E-state index is 0.605. The summed E-state index contributed by atoms with van der Waals surface area (Å²) in [5.74, 6) is 1.05. The average Bonchev–Trinajstić information content (AvgIpc) is 2.99. The van der Waals surface area contributed by atoms with Crippen molar-refractivity contribution >= 4 is 5.84 Å². The monoisotopic (exact) mass is 246 g/mol. The molecule has 1 fully saturated rings. The second kappa shape index (κ2) is 4.75. The lowest BCUT2D eigenvalue weighted by Crippen LogP contribution is -2.21. The third-order valence-corrected chi connectivity index (χ3v) is 4.16. The van der Waals surface area contributed by atoms with E-state index in [4.69, 9.17) is 5.10 Å². The van der Waals surface area contributed by atoms with E-state index in [-0.39, 0.29) is 0 Å². The van der Waals surface area contributed by atoms with E-state index in [9.17, 15) is 0 Å². The zero-order valence-electron chi connectivity index (χ0n) is 11.4. The van der Waals surface area contributed by atoms with Crippen molar-refractivity contribution < 1.29 is 0 Å². The SMILES string of the molecule is Cc1nn(C2CCCCC2)c(C)c1C1=NCCN1. The minimum atomic E-state index is 0.605. The van der Waals surface area contributed by atoms with Gasteiger partial charge in [0.1, 0.15) is 5.84 Å². The van der Waals surface area contributed by atoms with Crippen LogP contribution in [0.1, 0.15) is 55.1 Å².